The minimum absolute atomic E-state index is 0.480. The van der Waals surface area contributed by atoms with Crippen molar-refractivity contribution in [3.8, 4) is 0 Å². The fourth-order valence-corrected chi connectivity index (χ4v) is 2.45. The average molecular weight is 183 g/mol. The second kappa shape index (κ2) is 4.99. The summed E-state index contributed by atoms with van der Waals surface area (Å²) in [5, 5.41) is 0. The summed E-state index contributed by atoms with van der Waals surface area (Å²) in [6, 6.07) is 0. The van der Waals surface area contributed by atoms with Gasteiger partial charge >= 0.3 is 0 Å². The van der Waals surface area contributed by atoms with E-state index in [1.54, 1.807) is 0 Å². The molecule has 1 nitrogen and oxygen atoms in total. The zero-order chi connectivity index (χ0) is 9.84. The molecule has 1 radical (unpaired) electrons. The van der Waals surface area contributed by atoms with E-state index < -0.39 is 0 Å². The van der Waals surface area contributed by atoms with E-state index in [2.05, 4.69) is 20.8 Å². The fourth-order valence-electron chi connectivity index (χ4n) is 2.45. The smallest absolute Gasteiger partial charge is 0.0809 e. The predicted molar refractivity (Wildman–Crippen MR) is 56.2 cm³/mol. The van der Waals surface area contributed by atoms with Crippen LogP contribution >= 0.6 is 0 Å². The van der Waals surface area contributed by atoms with Gasteiger partial charge in [-0.1, -0.05) is 27.2 Å². The van der Waals surface area contributed by atoms with Gasteiger partial charge in [0, 0.05) is 0 Å². The minimum Gasteiger partial charge on any atom is -0.372 e. The van der Waals surface area contributed by atoms with Crippen molar-refractivity contribution in [3.05, 3.63) is 6.61 Å². The topological polar surface area (TPSA) is 9.23 Å². The largest absolute Gasteiger partial charge is 0.372 e. The minimum atomic E-state index is 0.480. The lowest BCUT2D eigenvalue weighted by atomic mass is 9.75. The summed E-state index contributed by atoms with van der Waals surface area (Å²) in [4.78, 5) is 0. The van der Waals surface area contributed by atoms with Crippen molar-refractivity contribution in [2.75, 3.05) is 0 Å². The first kappa shape index (κ1) is 11.0. The Bertz CT molecular complexity index is 142. The van der Waals surface area contributed by atoms with Crippen molar-refractivity contribution in [2.24, 2.45) is 17.8 Å². The molecule has 0 amide bonds. The average Bonchev–Trinajstić information content (AvgIpc) is 2.04. The summed E-state index contributed by atoms with van der Waals surface area (Å²) in [6.45, 7) is 10.8. The van der Waals surface area contributed by atoms with E-state index in [0.717, 1.165) is 17.8 Å². The van der Waals surface area contributed by atoms with Gasteiger partial charge in [-0.2, -0.15) is 0 Å². The van der Waals surface area contributed by atoms with Crippen LogP contribution in [0.4, 0.5) is 0 Å². The standard InChI is InChI=1S/C12H23O/c1-5-13-12-8-10(4)6-7-11(12)9(2)3/h5,9-12H,6-8H2,1-4H3. The predicted octanol–water partition coefficient (Wildman–Crippen LogP) is 3.65. The maximum absolute atomic E-state index is 5.70. The van der Waals surface area contributed by atoms with Gasteiger partial charge in [-0.25, -0.2) is 0 Å². The molecule has 3 unspecified atom stereocenters. The molecule has 1 saturated carbocycles. The summed E-state index contributed by atoms with van der Waals surface area (Å²) in [7, 11) is 0. The lowest BCUT2D eigenvalue weighted by molar-refractivity contribution is -0.00542. The number of hydrogen-bond acceptors (Lipinski definition) is 1. The van der Waals surface area contributed by atoms with Crippen LogP contribution < -0.4 is 0 Å². The van der Waals surface area contributed by atoms with Gasteiger partial charge in [0.05, 0.1) is 12.7 Å². The molecule has 0 aromatic carbocycles. The van der Waals surface area contributed by atoms with Crippen molar-refractivity contribution < 1.29 is 4.74 Å². The van der Waals surface area contributed by atoms with Crippen LogP contribution in [0.15, 0.2) is 0 Å². The van der Waals surface area contributed by atoms with E-state index in [-0.39, 0.29) is 0 Å². The molecular formula is C12H23O. The van der Waals surface area contributed by atoms with Crippen LogP contribution in [0.1, 0.15) is 47.0 Å². The van der Waals surface area contributed by atoms with Gasteiger partial charge in [0.15, 0.2) is 0 Å². The van der Waals surface area contributed by atoms with Crippen LogP contribution in [-0.4, -0.2) is 6.10 Å². The third-order valence-electron chi connectivity index (χ3n) is 3.27. The van der Waals surface area contributed by atoms with Crippen LogP contribution in [0.5, 0.6) is 0 Å². The van der Waals surface area contributed by atoms with Crippen molar-refractivity contribution in [1.29, 1.82) is 0 Å². The summed E-state index contributed by atoms with van der Waals surface area (Å²) in [5.41, 5.74) is 0. The van der Waals surface area contributed by atoms with Crippen molar-refractivity contribution in [3.63, 3.8) is 0 Å². The van der Waals surface area contributed by atoms with E-state index in [1.807, 2.05) is 13.5 Å². The zero-order valence-electron chi connectivity index (χ0n) is 9.42. The maximum Gasteiger partial charge on any atom is 0.0809 e. The molecule has 1 heteroatoms. The van der Waals surface area contributed by atoms with Crippen molar-refractivity contribution >= 4 is 0 Å². The Labute approximate surface area is 82.9 Å². The molecule has 0 heterocycles. The molecule has 0 saturated heterocycles. The van der Waals surface area contributed by atoms with Gasteiger partial charge in [0.25, 0.3) is 0 Å². The SMILES string of the molecule is C[CH]OC1CC(C)CCC1C(C)C. The van der Waals surface area contributed by atoms with E-state index in [9.17, 15) is 0 Å². The Morgan fingerprint density at radius 2 is 2.00 bits per heavy atom. The van der Waals surface area contributed by atoms with E-state index in [4.69, 9.17) is 4.74 Å². The molecule has 3 atom stereocenters. The molecule has 77 valence electrons. The highest BCUT2D eigenvalue weighted by molar-refractivity contribution is 4.81. The molecule has 0 aliphatic heterocycles. The van der Waals surface area contributed by atoms with E-state index in [0.29, 0.717) is 6.10 Å². The molecule has 0 bridgehead atoms. The highest BCUT2D eigenvalue weighted by atomic mass is 16.5. The van der Waals surface area contributed by atoms with Gasteiger partial charge in [-0.05, 0) is 37.5 Å². The van der Waals surface area contributed by atoms with Gasteiger partial charge in [0.2, 0.25) is 0 Å². The maximum atomic E-state index is 5.70. The molecule has 1 rings (SSSR count). The van der Waals surface area contributed by atoms with Gasteiger partial charge in [-0.15, -0.1) is 0 Å². The molecule has 1 aliphatic rings. The molecule has 13 heavy (non-hydrogen) atoms. The van der Waals surface area contributed by atoms with Crippen molar-refractivity contribution in [2.45, 2.75) is 53.1 Å². The highest BCUT2D eigenvalue weighted by Crippen LogP contribution is 2.35. The van der Waals surface area contributed by atoms with E-state index >= 15 is 0 Å². The Hall–Kier alpha value is -0.0400. The number of hydrogen-bond donors (Lipinski definition) is 0. The van der Waals surface area contributed by atoms with Gasteiger partial charge in [-0.3, -0.25) is 0 Å². The lowest BCUT2D eigenvalue weighted by Crippen LogP contribution is -2.33. The second-order valence-corrected chi connectivity index (χ2v) is 4.74. The Kier molecular flexibility index (Phi) is 4.24. The first-order chi connectivity index (χ1) is 6.15. The molecular weight excluding hydrogens is 160 g/mol. The summed E-state index contributed by atoms with van der Waals surface area (Å²) in [6.07, 6.45) is 4.45. The summed E-state index contributed by atoms with van der Waals surface area (Å²) < 4.78 is 5.70. The Morgan fingerprint density at radius 1 is 1.31 bits per heavy atom. The molecule has 1 aliphatic carbocycles. The molecule has 0 N–H and O–H groups in total. The third-order valence-corrected chi connectivity index (χ3v) is 3.27. The van der Waals surface area contributed by atoms with Crippen LogP contribution in [0.25, 0.3) is 0 Å². The highest BCUT2D eigenvalue weighted by Gasteiger charge is 2.30. The van der Waals surface area contributed by atoms with Gasteiger partial charge in [0.1, 0.15) is 0 Å². The van der Waals surface area contributed by atoms with Crippen LogP contribution in [0.3, 0.4) is 0 Å². The number of ether oxygens (including phenoxy) is 1. The third kappa shape index (κ3) is 2.98. The fraction of sp³-hybridized carbons (Fsp3) is 0.917. The number of rotatable bonds is 3. The molecule has 0 aromatic heterocycles. The molecule has 1 fully saturated rings. The van der Waals surface area contributed by atoms with Crippen LogP contribution in [-0.2, 0) is 4.74 Å². The first-order valence-corrected chi connectivity index (χ1v) is 5.58. The summed E-state index contributed by atoms with van der Waals surface area (Å²) >= 11 is 0. The summed E-state index contributed by atoms with van der Waals surface area (Å²) in [5.74, 6) is 2.38. The first-order valence-electron chi connectivity index (χ1n) is 5.58. The monoisotopic (exact) mass is 183 g/mol. The molecule has 0 spiro atoms. The van der Waals surface area contributed by atoms with Gasteiger partial charge < -0.3 is 4.74 Å². The lowest BCUT2D eigenvalue weighted by Gasteiger charge is -2.36. The van der Waals surface area contributed by atoms with E-state index in [1.165, 1.54) is 19.3 Å². The van der Waals surface area contributed by atoms with Crippen molar-refractivity contribution in [1.82, 2.24) is 0 Å². The Morgan fingerprint density at radius 3 is 2.54 bits per heavy atom. The quantitative estimate of drug-likeness (QED) is 0.649. The second-order valence-electron chi connectivity index (χ2n) is 4.74. The van der Waals surface area contributed by atoms with Crippen LogP contribution in [0.2, 0.25) is 0 Å². The Balaban J connectivity index is 2.50. The molecule has 0 aromatic rings. The zero-order valence-corrected chi connectivity index (χ0v) is 9.42. The van der Waals surface area contributed by atoms with Crippen LogP contribution in [0, 0.1) is 24.4 Å². The normalized spacial score (nSPS) is 35.3.